The van der Waals surface area contributed by atoms with Crippen molar-refractivity contribution in [1.82, 2.24) is 4.98 Å². The predicted octanol–water partition coefficient (Wildman–Crippen LogP) is 0.579. The fraction of sp³-hybridized carbons (Fsp3) is 0.444. The largest absolute Gasteiger partial charge is 0.490 e. The highest BCUT2D eigenvalue weighted by atomic mass is 32.2. The van der Waals surface area contributed by atoms with E-state index in [9.17, 15) is 8.42 Å². The molecule has 1 aromatic heterocycles. The Labute approximate surface area is 88.3 Å². The Morgan fingerprint density at radius 2 is 2.13 bits per heavy atom. The molecule has 0 unspecified atom stereocenters. The zero-order valence-corrected chi connectivity index (χ0v) is 9.12. The molecule has 1 heterocycles. The summed E-state index contributed by atoms with van der Waals surface area (Å²) < 4.78 is 27.7. The number of ether oxygens (including phenoxy) is 1. The summed E-state index contributed by atoms with van der Waals surface area (Å²) in [4.78, 5) is 3.84. The molecular formula is C9H12N2O3S. The summed E-state index contributed by atoms with van der Waals surface area (Å²) in [6, 6.07) is 3.06. The SMILES string of the molecule is Cc1cc(OC2CC2)cc(S(N)(=O)=O)n1. The second-order valence-electron chi connectivity index (χ2n) is 3.64. The molecule has 1 aromatic rings. The quantitative estimate of drug-likeness (QED) is 0.820. The first-order valence-corrected chi connectivity index (χ1v) is 6.18. The van der Waals surface area contributed by atoms with Crippen molar-refractivity contribution in [1.29, 1.82) is 0 Å². The first-order valence-electron chi connectivity index (χ1n) is 4.63. The molecule has 0 radical (unpaired) electrons. The van der Waals surface area contributed by atoms with Gasteiger partial charge >= 0.3 is 0 Å². The van der Waals surface area contributed by atoms with Crippen LogP contribution in [-0.2, 0) is 10.0 Å². The van der Waals surface area contributed by atoms with E-state index in [2.05, 4.69) is 4.98 Å². The van der Waals surface area contributed by atoms with Gasteiger partial charge < -0.3 is 4.74 Å². The van der Waals surface area contributed by atoms with Crippen LogP contribution < -0.4 is 9.88 Å². The third-order valence-electron chi connectivity index (χ3n) is 2.02. The van der Waals surface area contributed by atoms with E-state index in [1.165, 1.54) is 6.07 Å². The van der Waals surface area contributed by atoms with E-state index >= 15 is 0 Å². The molecule has 0 amide bonds. The lowest BCUT2D eigenvalue weighted by molar-refractivity contribution is 0.301. The molecule has 1 fully saturated rings. The standard InChI is InChI=1S/C9H12N2O3S/c1-6-4-8(14-7-2-3-7)5-9(11-6)15(10,12)13/h4-5,7H,2-3H2,1H3,(H2,10,12,13). The molecule has 0 aromatic carbocycles. The average Bonchev–Trinajstić information content (AvgIpc) is 2.85. The predicted molar refractivity (Wildman–Crippen MR) is 54.0 cm³/mol. The fourth-order valence-corrected chi connectivity index (χ4v) is 1.75. The Bertz CT molecular complexity index is 480. The van der Waals surface area contributed by atoms with E-state index in [1.54, 1.807) is 13.0 Å². The van der Waals surface area contributed by atoms with Crippen molar-refractivity contribution in [3.05, 3.63) is 17.8 Å². The van der Waals surface area contributed by atoms with E-state index in [0.29, 0.717) is 11.4 Å². The van der Waals surface area contributed by atoms with E-state index < -0.39 is 10.0 Å². The monoisotopic (exact) mass is 228 g/mol. The first kappa shape index (κ1) is 10.4. The van der Waals surface area contributed by atoms with Crippen LogP contribution in [0.2, 0.25) is 0 Å². The zero-order chi connectivity index (χ0) is 11.1. The van der Waals surface area contributed by atoms with E-state index in [-0.39, 0.29) is 11.1 Å². The van der Waals surface area contributed by atoms with Crippen molar-refractivity contribution < 1.29 is 13.2 Å². The number of nitrogens with zero attached hydrogens (tertiary/aromatic N) is 1. The number of nitrogens with two attached hydrogens (primary N) is 1. The molecule has 0 bridgehead atoms. The van der Waals surface area contributed by atoms with E-state index in [4.69, 9.17) is 9.88 Å². The number of aryl methyl sites for hydroxylation is 1. The van der Waals surface area contributed by atoms with Crippen molar-refractivity contribution in [2.75, 3.05) is 0 Å². The molecule has 15 heavy (non-hydrogen) atoms. The van der Waals surface area contributed by atoms with Crippen LogP contribution in [0.3, 0.4) is 0 Å². The molecule has 2 rings (SSSR count). The van der Waals surface area contributed by atoms with Gasteiger partial charge in [-0.05, 0) is 19.8 Å². The highest BCUT2D eigenvalue weighted by Gasteiger charge is 2.24. The van der Waals surface area contributed by atoms with Gasteiger partial charge in [-0.2, -0.15) is 0 Å². The highest BCUT2D eigenvalue weighted by Crippen LogP contribution is 2.27. The number of aromatic nitrogens is 1. The normalized spacial score (nSPS) is 16.4. The number of sulfonamides is 1. The maximum atomic E-state index is 11.1. The summed E-state index contributed by atoms with van der Waals surface area (Å²) in [6.45, 7) is 1.70. The molecule has 1 aliphatic carbocycles. The van der Waals surface area contributed by atoms with Gasteiger partial charge in [-0.3, -0.25) is 0 Å². The van der Waals surface area contributed by atoms with E-state index in [0.717, 1.165) is 12.8 Å². The van der Waals surface area contributed by atoms with Crippen molar-refractivity contribution in [2.45, 2.75) is 30.9 Å². The molecule has 0 aliphatic heterocycles. The summed E-state index contributed by atoms with van der Waals surface area (Å²) in [5.41, 5.74) is 0.581. The summed E-state index contributed by atoms with van der Waals surface area (Å²) in [6.07, 6.45) is 2.26. The van der Waals surface area contributed by atoms with Gasteiger partial charge in [0.05, 0.1) is 6.10 Å². The van der Waals surface area contributed by atoms with Crippen LogP contribution in [0.4, 0.5) is 0 Å². The second-order valence-corrected chi connectivity index (χ2v) is 5.15. The van der Waals surface area contributed by atoms with Crippen molar-refractivity contribution in [3.63, 3.8) is 0 Å². The first-order chi connectivity index (χ1) is 6.95. The topological polar surface area (TPSA) is 82.3 Å². The van der Waals surface area contributed by atoms with Crippen LogP contribution >= 0.6 is 0 Å². The van der Waals surface area contributed by atoms with Gasteiger partial charge in [0.2, 0.25) is 0 Å². The van der Waals surface area contributed by atoms with Crippen molar-refractivity contribution in [3.8, 4) is 5.75 Å². The Hall–Kier alpha value is -1.14. The third-order valence-corrected chi connectivity index (χ3v) is 2.81. The molecule has 5 nitrogen and oxygen atoms in total. The summed E-state index contributed by atoms with van der Waals surface area (Å²) >= 11 is 0. The van der Waals surface area contributed by atoms with Crippen molar-refractivity contribution >= 4 is 10.0 Å². The van der Waals surface area contributed by atoms with E-state index in [1.807, 2.05) is 0 Å². The lowest BCUT2D eigenvalue weighted by atomic mass is 10.3. The molecule has 82 valence electrons. The van der Waals surface area contributed by atoms with Gasteiger partial charge in [-0.1, -0.05) is 0 Å². The van der Waals surface area contributed by atoms with Gasteiger partial charge in [0.15, 0.2) is 5.03 Å². The maximum absolute atomic E-state index is 11.1. The Morgan fingerprint density at radius 3 is 2.67 bits per heavy atom. The molecule has 0 atom stereocenters. The molecule has 2 N–H and O–H groups in total. The minimum atomic E-state index is -3.75. The molecule has 0 spiro atoms. The number of pyridine rings is 1. The second kappa shape index (κ2) is 3.46. The lowest BCUT2D eigenvalue weighted by Gasteiger charge is -2.06. The van der Waals surface area contributed by atoms with Gasteiger partial charge in [0.25, 0.3) is 10.0 Å². The van der Waals surface area contributed by atoms with Gasteiger partial charge in [0.1, 0.15) is 5.75 Å². The maximum Gasteiger partial charge on any atom is 0.255 e. The summed E-state index contributed by atoms with van der Waals surface area (Å²) in [5, 5.41) is 4.85. The summed E-state index contributed by atoms with van der Waals surface area (Å²) in [5.74, 6) is 0.522. The minimum Gasteiger partial charge on any atom is -0.490 e. The highest BCUT2D eigenvalue weighted by molar-refractivity contribution is 7.89. The lowest BCUT2D eigenvalue weighted by Crippen LogP contribution is -2.14. The van der Waals surface area contributed by atoms with Crippen molar-refractivity contribution in [2.24, 2.45) is 5.14 Å². The van der Waals surface area contributed by atoms with Gasteiger partial charge in [-0.25, -0.2) is 18.5 Å². The van der Waals surface area contributed by atoms with Gasteiger partial charge in [0, 0.05) is 17.8 Å². The number of primary sulfonamides is 1. The van der Waals surface area contributed by atoms with Crippen LogP contribution in [0.25, 0.3) is 0 Å². The summed E-state index contributed by atoms with van der Waals surface area (Å²) in [7, 11) is -3.75. The van der Waals surface area contributed by atoms with Crippen LogP contribution in [0.5, 0.6) is 5.75 Å². The molecular weight excluding hydrogens is 216 g/mol. The zero-order valence-electron chi connectivity index (χ0n) is 8.30. The van der Waals surface area contributed by atoms with Gasteiger partial charge in [-0.15, -0.1) is 0 Å². The fourth-order valence-electron chi connectivity index (χ4n) is 1.20. The smallest absolute Gasteiger partial charge is 0.255 e. The Morgan fingerprint density at radius 1 is 1.47 bits per heavy atom. The average molecular weight is 228 g/mol. The Kier molecular flexibility index (Phi) is 2.40. The number of hydrogen-bond acceptors (Lipinski definition) is 4. The van der Waals surface area contributed by atoms with Crippen LogP contribution in [0.15, 0.2) is 17.2 Å². The number of rotatable bonds is 3. The van der Waals surface area contributed by atoms with Crippen LogP contribution in [-0.4, -0.2) is 19.5 Å². The molecule has 6 heteroatoms. The molecule has 1 aliphatic rings. The van der Waals surface area contributed by atoms with Crippen LogP contribution in [0.1, 0.15) is 18.5 Å². The Balaban J connectivity index is 2.35. The molecule has 0 saturated heterocycles. The van der Waals surface area contributed by atoms with Crippen LogP contribution in [0, 0.1) is 6.92 Å². The minimum absolute atomic E-state index is 0.141. The molecule has 1 saturated carbocycles. The number of hydrogen-bond donors (Lipinski definition) is 1. The third kappa shape index (κ3) is 2.66.